The maximum Gasteiger partial charge on any atom is 0.317 e. The Balaban J connectivity index is 2.56. The summed E-state index contributed by atoms with van der Waals surface area (Å²) in [5.41, 5.74) is 2.72. The van der Waals surface area contributed by atoms with Crippen LogP contribution in [0.1, 0.15) is 38.8 Å². The summed E-state index contributed by atoms with van der Waals surface area (Å²) in [6, 6.07) is 8.72. The molecule has 0 fully saturated rings. The van der Waals surface area contributed by atoms with Crippen molar-refractivity contribution in [2.45, 2.75) is 45.6 Å². The Morgan fingerprint density at radius 2 is 1.83 bits per heavy atom. The molecule has 2 N–H and O–H groups in total. The smallest absolute Gasteiger partial charge is 0.317 e. The van der Waals surface area contributed by atoms with Gasteiger partial charge >= 0.3 is 5.97 Å². The van der Waals surface area contributed by atoms with Gasteiger partial charge in [0.15, 0.2) is 0 Å². The fourth-order valence-corrected chi connectivity index (χ4v) is 1.83. The summed E-state index contributed by atoms with van der Waals surface area (Å²) in [5.74, 6) is -0.815. The van der Waals surface area contributed by atoms with Crippen molar-refractivity contribution in [3.05, 3.63) is 35.4 Å². The molecule has 0 saturated heterocycles. The van der Waals surface area contributed by atoms with Crippen LogP contribution < -0.4 is 5.32 Å². The highest BCUT2D eigenvalue weighted by Gasteiger charge is 2.13. The lowest BCUT2D eigenvalue weighted by Crippen LogP contribution is -2.32. The van der Waals surface area contributed by atoms with E-state index in [2.05, 4.69) is 50.4 Å². The zero-order valence-corrected chi connectivity index (χ0v) is 11.7. The molecule has 0 radical (unpaired) electrons. The van der Waals surface area contributed by atoms with E-state index in [4.69, 9.17) is 5.11 Å². The Kier molecular flexibility index (Phi) is 4.91. The minimum atomic E-state index is -0.815. The van der Waals surface area contributed by atoms with Gasteiger partial charge in [-0.1, -0.05) is 45.0 Å². The van der Waals surface area contributed by atoms with Crippen molar-refractivity contribution in [1.82, 2.24) is 5.32 Å². The molecule has 18 heavy (non-hydrogen) atoms. The van der Waals surface area contributed by atoms with E-state index >= 15 is 0 Å². The standard InChI is InChI=1S/C15H23NO2/c1-11(16-10-14(17)18)9-12-5-7-13(8-6-12)15(2,3)4/h5-8,11,16H,9-10H2,1-4H3,(H,17,18). The van der Waals surface area contributed by atoms with E-state index in [1.807, 2.05) is 6.92 Å². The summed E-state index contributed by atoms with van der Waals surface area (Å²) < 4.78 is 0. The van der Waals surface area contributed by atoms with Gasteiger partial charge in [0.05, 0.1) is 6.54 Å². The number of rotatable bonds is 5. The van der Waals surface area contributed by atoms with Crippen LogP contribution in [-0.4, -0.2) is 23.7 Å². The first kappa shape index (κ1) is 14.7. The van der Waals surface area contributed by atoms with Crippen molar-refractivity contribution in [3.8, 4) is 0 Å². The molecule has 1 aromatic rings. The first-order chi connectivity index (χ1) is 8.29. The summed E-state index contributed by atoms with van der Waals surface area (Å²) in [5, 5.41) is 11.6. The van der Waals surface area contributed by atoms with Crippen LogP contribution in [0.3, 0.4) is 0 Å². The van der Waals surface area contributed by atoms with Gasteiger partial charge in [0, 0.05) is 6.04 Å². The molecule has 1 atom stereocenters. The lowest BCUT2D eigenvalue weighted by molar-refractivity contribution is -0.136. The van der Waals surface area contributed by atoms with E-state index in [1.165, 1.54) is 11.1 Å². The average Bonchev–Trinajstić information content (AvgIpc) is 2.26. The predicted octanol–water partition coefficient (Wildman–Crippen LogP) is 2.59. The minimum absolute atomic E-state index is 0.0151. The number of hydrogen-bond acceptors (Lipinski definition) is 2. The van der Waals surface area contributed by atoms with Crippen molar-refractivity contribution in [1.29, 1.82) is 0 Å². The minimum Gasteiger partial charge on any atom is -0.480 e. The fourth-order valence-electron chi connectivity index (χ4n) is 1.83. The third-order valence-corrected chi connectivity index (χ3v) is 2.96. The van der Waals surface area contributed by atoms with Gasteiger partial charge in [0.25, 0.3) is 0 Å². The lowest BCUT2D eigenvalue weighted by atomic mass is 9.86. The van der Waals surface area contributed by atoms with Crippen LogP contribution >= 0.6 is 0 Å². The first-order valence-corrected chi connectivity index (χ1v) is 6.33. The number of nitrogens with one attached hydrogen (secondary N) is 1. The number of aliphatic carboxylic acids is 1. The van der Waals surface area contributed by atoms with E-state index < -0.39 is 5.97 Å². The first-order valence-electron chi connectivity index (χ1n) is 6.33. The van der Waals surface area contributed by atoms with E-state index in [1.54, 1.807) is 0 Å². The second-order valence-electron chi connectivity index (χ2n) is 5.83. The Hall–Kier alpha value is -1.35. The van der Waals surface area contributed by atoms with Crippen molar-refractivity contribution < 1.29 is 9.90 Å². The summed E-state index contributed by atoms with van der Waals surface area (Å²) in [7, 11) is 0. The molecule has 0 aliphatic carbocycles. The van der Waals surface area contributed by atoms with Crippen LogP contribution in [0.4, 0.5) is 0 Å². The molecule has 3 heteroatoms. The molecule has 3 nitrogen and oxygen atoms in total. The topological polar surface area (TPSA) is 49.3 Å². The summed E-state index contributed by atoms with van der Waals surface area (Å²) in [4.78, 5) is 10.4. The highest BCUT2D eigenvalue weighted by molar-refractivity contribution is 5.69. The Bertz CT molecular complexity index is 390. The summed E-state index contributed by atoms with van der Waals surface area (Å²) >= 11 is 0. The zero-order chi connectivity index (χ0) is 13.8. The zero-order valence-electron chi connectivity index (χ0n) is 11.7. The molecule has 1 rings (SSSR count). The van der Waals surface area contributed by atoms with E-state index in [-0.39, 0.29) is 18.0 Å². The monoisotopic (exact) mass is 249 g/mol. The summed E-state index contributed by atoms with van der Waals surface area (Å²) in [6.45, 7) is 8.60. The average molecular weight is 249 g/mol. The largest absolute Gasteiger partial charge is 0.480 e. The molecule has 0 heterocycles. The van der Waals surface area contributed by atoms with Crippen LogP contribution in [0.15, 0.2) is 24.3 Å². The van der Waals surface area contributed by atoms with E-state index in [0.29, 0.717) is 0 Å². The number of benzene rings is 1. The highest BCUT2D eigenvalue weighted by Crippen LogP contribution is 2.22. The number of carboxylic acids is 1. The maximum atomic E-state index is 10.4. The SMILES string of the molecule is CC(Cc1ccc(C(C)(C)C)cc1)NCC(=O)O. The van der Waals surface area contributed by atoms with Gasteiger partial charge in [-0.3, -0.25) is 4.79 Å². The second-order valence-corrected chi connectivity index (χ2v) is 5.83. The predicted molar refractivity (Wildman–Crippen MR) is 73.9 cm³/mol. The van der Waals surface area contributed by atoms with Gasteiger partial charge in [-0.25, -0.2) is 0 Å². The van der Waals surface area contributed by atoms with Crippen molar-refractivity contribution in [3.63, 3.8) is 0 Å². The molecule has 0 bridgehead atoms. The fraction of sp³-hybridized carbons (Fsp3) is 0.533. The molecule has 100 valence electrons. The Morgan fingerprint density at radius 1 is 1.28 bits per heavy atom. The molecule has 0 amide bonds. The van der Waals surface area contributed by atoms with Crippen molar-refractivity contribution in [2.75, 3.05) is 6.54 Å². The van der Waals surface area contributed by atoms with Gasteiger partial charge in [0.1, 0.15) is 0 Å². The lowest BCUT2D eigenvalue weighted by Gasteiger charge is -2.19. The van der Waals surface area contributed by atoms with Gasteiger partial charge in [-0.2, -0.15) is 0 Å². The summed E-state index contributed by atoms with van der Waals surface area (Å²) in [6.07, 6.45) is 0.845. The van der Waals surface area contributed by atoms with Crippen LogP contribution in [0.2, 0.25) is 0 Å². The van der Waals surface area contributed by atoms with Gasteiger partial charge in [0.2, 0.25) is 0 Å². The molecule has 0 aliphatic heterocycles. The Morgan fingerprint density at radius 3 is 2.28 bits per heavy atom. The van der Waals surface area contributed by atoms with Crippen molar-refractivity contribution >= 4 is 5.97 Å². The van der Waals surface area contributed by atoms with Crippen LogP contribution in [0, 0.1) is 0 Å². The quantitative estimate of drug-likeness (QED) is 0.843. The number of hydrogen-bond donors (Lipinski definition) is 2. The number of carboxylic acid groups (broad SMARTS) is 1. The third-order valence-electron chi connectivity index (χ3n) is 2.96. The molecule has 0 spiro atoms. The molecular weight excluding hydrogens is 226 g/mol. The third kappa shape index (κ3) is 4.88. The van der Waals surface area contributed by atoms with Crippen LogP contribution in [0.5, 0.6) is 0 Å². The van der Waals surface area contributed by atoms with Gasteiger partial charge < -0.3 is 10.4 Å². The number of carbonyl (C=O) groups is 1. The molecule has 1 unspecified atom stereocenters. The molecule has 0 saturated carbocycles. The second kappa shape index (κ2) is 6.01. The molecule has 1 aromatic carbocycles. The normalized spacial score (nSPS) is 13.3. The molecular formula is C15H23NO2. The van der Waals surface area contributed by atoms with Crippen molar-refractivity contribution in [2.24, 2.45) is 0 Å². The molecule has 0 aromatic heterocycles. The highest BCUT2D eigenvalue weighted by atomic mass is 16.4. The van der Waals surface area contributed by atoms with Crippen LogP contribution in [-0.2, 0) is 16.6 Å². The van der Waals surface area contributed by atoms with E-state index in [0.717, 1.165) is 6.42 Å². The van der Waals surface area contributed by atoms with Crippen LogP contribution in [0.25, 0.3) is 0 Å². The maximum absolute atomic E-state index is 10.4. The molecule has 0 aliphatic rings. The van der Waals surface area contributed by atoms with Gasteiger partial charge in [-0.05, 0) is 29.9 Å². The van der Waals surface area contributed by atoms with Gasteiger partial charge in [-0.15, -0.1) is 0 Å². The van der Waals surface area contributed by atoms with E-state index in [9.17, 15) is 4.79 Å². The Labute approximate surface area is 109 Å².